The Morgan fingerprint density at radius 2 is 1.14 bits per heavy atom. The fourth-order valence-electron chi connectivity index (χ4n) is 4.60. The van der Waals surface area contributed by atoms with E-state index in [-0.39, 0.29) is 24.2 Å². The molecule has 0 bridgehead atoms. The molecule has 0 amide bonds. The van der Waals surface area contributed by atoms with Gasteiger partial charge in [-0.05, 0) is 23.1 Å². The Morgan fingerprint density at radius 3 is 1.63 bits per heavy atom. The summed E-state index contributed by atoms with van der Waals surface area (Å²) in [5.74, 6) is 0.0988. The zero-order valence-electron chi connectivity index (χ0n) is 20.6. The number of benzene rings is 3. The van der Waals surface area contributed by atoms with Crippen LogP contribution in [-0.4, -0.2) is 38.3 Å². The van der Waals surface area contributed by atoms with E-state index < -0.39 is 6.29 Å². The molecule has 1 heterocycles. The van der Waals surface area contributed by atoms with E-state index in [9.17, 15) is 0 Å². The molecule has 1 fully saturated rings. The van der Waals surface area contributed by atoms with E-state index in [0.29, 0.717) is 26.4 Å². The Balaban J connectivity index is 1.48. The van der Waals surface area contributed by atoms with Crippen molar-refractivity contribution in [2.24, 2.45) is 5.92 Å². The Kier molecular flexibility index (Phi) is 9.87. The molecule has 5 atom stereocenters. The molecule has 5 heteroatoms. The van der Waals surface area contributed by atoms with Crippen LogP contribution in [0.4, 0.5) is 0 Å². The fraction of sp³-hybridized carbons (Fsp3) is 0.400. The van der Waals surface area contributed by atoms with Crippen molar-refractivity contribution in [3.63, 3.8) is 0 Å². The van der Waals surface area contributed by atoms with Gasteiger partial charge in [0.25, 0.3) is 0 Å². The molecule has 0 spiro atoms. The molecular formula is C30H36O5. The molecule has 1 aliphatic heterocycles. The average molecular weight is 477 g/mol. The van der Waals surface area contributed by atoms with Gasteiger partial charge in [0.05, 0.1) is 38.6 Å². The van der Waals surface area contributed by atoms with Crippen LogP contribution in [0.3, 0.4) is 0 Å². The first-order valence-electron chi connectivity index (χ1n) is 12.4. The highest BCUT2D eigenvalue weighted by Gasteiger charge is 2.47. The second kappa shape index (κ2) is 13.5. The van der Waals surface area contributed by atoms with Crippen LogP contribution in [-0.2, 0) is 43.5 Å². The molecule has 0 saturated carbocycles. The summed E-state index contributed by atoms with van der Waals surface area (Å²) >= 11 is 0. The van der Waals surface area contributed by atoms with Gasteiger partial charge in [0.1, 0.15) is 6.10 Å². The maximum absolute atomic E-state index is 6.56. The smallest absolute Gasteiger partial charge is 0.186 e. The molecule has 5 nitrogen and oxygen atoms in total. The highest BCUT2D eigenvalue weighted by Crippen LogP contribution is 2.34. The maximum Gasteiger partial charge on any atom is 0.186 e. The van der Waals surface area contributed by atoms with Gasteiger partial charge in [-0.2, -0.15) is 0 Å². The van der Waals surface area contributed by atoms with Gasteiger partial charge >= 0.3 is 0 Å². The minimum absolute atomic E-state index is 0.0988. The first kappa shape index (κ1) is 25.5. The monoisotopic (exact) mass is 476 g/mol. The molecule has 3 aromatic rings. The van der Waals surface area contributed by atoms with Crippen molar-refractivity contribution in [3.05, 3.63) is 108 Å². The first-order valence-corrected chi connectivity index (χ1v) is 12.4. The molecule has 1 saturated heterocycles. The zero-order chi connectivity index (χ0) is 24.3. The summed E-state index contributed by atoms with van der Waals surface area (Å²) in [5.41, 5.74) is 3.37. The number of hydrogen-bond donors (Lipinski definition) is 0. The molecule has 0 aromatic heterocycles. The SMILES string of the molecule is CCC1C(COCc2ccccc2)OC(OC)C(OCc2ccccc2)C1OCc1ccccc1. The second-order valence-corrected chi connectivity index (χ2v) is 8.87. The summed E-state index contributed by atoms with van der Waals surface area (Å²) in [6.45, 7) is 4.13. The third-order valence-corrected chi connectivity index (χ3v) is 6.47. The summed E-state index contributed by atoms with van der Waals surface area (Å²) in [4.78, 5) is 0. The van der Waals surface area contributed by atoms with Crippen LogP contribution >= 0.6 is 0 Å². The van der Waals surface area contributed by atoms with Gasteiger partial charge in [0, 0.05) is 13.0 Å². The number of ether oxygens (including phenoxy) is 5. The van der Waals surface area contributed by atoms with Crippen molar-refractivity contribution < 1.29 is 23.7 Å². The first-order chi connectivity index (χ1) is 17.3. The lowest BCUT2D eigenvalue weighted by Gasteiger charge is -2.45. The largest absolute Gasteiger partial charge is 0.374 e. The minimum atomic E-state index is -0.549. The van der Waals surface area contributed by atoms with E-state index in [1.165, 1.54) is 0 Å². The molecule has 35 heavy (non-hydrogen) atoms. The van der Waals surface area contributed by atoms with E-state index in [2.05, 4.69) is 43.3 Å². The van der Waals surface area contributed by atoms with Crippen molar-refractivity contribution >= 4 is 0 Å². The average Bonchev–Trinajstić information content (AvgIpc) is 2.92. The van der Waals surface area contributed by atoms with Crippen LogP contribution in [0.25, 0.3) is 0 Å². The molecule has 4 rings (SSSR count). The Morgan fingerprint density at radius 1 is 0.657 bits per heavy atom. The third-order valence-electron chi connectivity index (χ3n) is 6.47. The summed E-state index contributed by atoms with van der Waals surface area (Å²) < 4.78 is 31.2. The maximum atomic E-state index is 6.56. The van der Waals surface area contributed by atoms with E-state index in [0.717, 1.165) is 23.1 Å². The third kappa shape index (κ3) is 7.23. The van der Waals surface area contributed by atoms with E-state index >= 15 is 0 Å². The highest BCUT2D eigenvalue weighted by molar-refractivity contribution is 5.15. The molecule has 0 radical (unpaired) electrons. The van der Waals surface area contributed by atoms with Gasteiger partial charge in [-0.15, -0.1) is 0 Å². The van der Waals surface area contributed by atoms with Crippen molar-refractivity contribution in [1.29, 1.82) is 0 Å². The van der Waals surface area contributed by atoms with Crippen molar-refractivity contribution in [2.75, 3.05) is 13.7 Å². The van der Waals surface area contributed by atoms with Crippen LogP contribution in [0, 0.1) is 5.92 Å². The molecule has 0 aliphatic carbocycles. The van der Waals surface area contributed by atoms with E-state index in [4.69, 9.17) is 23.7 Å². The van der Waals surface area contributed by atoms with Gasteiger partial charge in [-0.1, -0.05) is 97.9 Å². The molecular weight excluding hydrogens is 440 g/mol. The Bertz CT molecular complexity index is 966. The predicted molar refractivity (Wildman–Crippen MR) is 136 cm³/mol. The normalized spacial score (nSPS) is 24.3. The lowest BCUT2D eigenvalue weighted by molar-refractivity contribution is -0.305. The second-order valence-electron chi connectivity index (χ2n) is 8.87. The van der Waals surface area contributed by atoms with Crippen LogP contribution in [0.5, 0.6) is 0 Å². The van der Waals surface area contributed by atoms with Crippen LogP contribution < -0.4 is 0 Å². The predicted octanol–water partition coefficient (Wildman–Crippen LogP) is 5.77. The summed E-state index contributed by atoms with van der Waals surface area (Å²) in [6, 6.07) is 30.6. The standard InChI is InChI=1S/C30H36O5/c1-3-26-27(22-32-19-23-13-7-4-8-14-23)35-30(31-2)29(34-21-25-17-11-6-12-18-25)28(26)33-20-24-15-9-5-10-16-24/h4-18,26-30H,3,19-22H2,1-2H3. The molecule has 0 N–H and O–H groups in total. The topological polar surface area (TPSA) is 46.2 Å². The number of methoxy groups -OCH3 is 1. The Labute approximate surface area is 208 Å². The lowest BCUT2D eigenvalue weighted by Crippen LogP contribution is -2.57. The highest BCUT2D eigenvalue weighted by atomic mass is 16.7. The van der Waals surface area contributed by atoms with Crippen LogP contribution in [0.2, 0.25) is 0 Å². The fourth-order valence-corrected chi connectivity index (χ4v) is 4.60. The summed E-state index contributed by atoms with van der Waals surface area (Å²) in [7, 11) is 1.66. The van der Waals surface area contributed by atoms with Crippen molar-refractivity contribution in [2.45, 2.75) is 57.8 Å². The van der Waals surface area contributed by atoms with Gasteiger partial charge < -0.3 is 23.7 Å². The summed E-state index contributed by atoms with van der Waals surface area (Å²) in [6.07, 6.45) is -0.397. The van der Waals surface area contributed by atoms with Crippen LogP contribution in [0.1, 0.15) is 30.0 Å². The van der Waals surface area contributed by atoms with Crippen LogP contribution in [0.15, 0.2) is 91.0 Å². The van der Waals surface area contributed by atoms with Gasteiger partial charge in [-0.25, -0.2) is 0 Å². The quantitative estimate of drug-likeness (QED) is 0.332. The van der Waals surface area contributed by atoms with Gasteiger partial charge in [0.2, 0.25) is 0 Å². The molecule has 5 unspecified atom stereocenters. The van der Waals surface area contributed by atoms with E-state index in [1.54, 1.807) is 7.11 Å². The van der Waals surface area contributed by atoms with E-state index in [1.807, 2.05) is 54.6 Å². The van der Waals surface area contributed by atoms with Gasteiger partial charge in [-0.3, -0.25) is 0 Å². The minimum Gasteiger partial charge on any atom is -0.374 e. The zero-order valence-corrected chi connectivity index (χ0v) is 20.6. The van der Waals surface area contributed by atoms with Crippen molar-refractivity contribution in [1.82, 2.24) is 0 Å². The number of hydrogen-bond acceptors (Lipinski definition) is 5. The van der Waals surface area contributed by atoms with Crippen molar-refractivity contribution in [3.8, 4) is 0 Å². The molecule has 1 aliphatic rings. The Hall–Kier alpha value is -2.54. The summed E-state index contributed by atoms with van der Waals surface area (Å²) in [5, 5.41) is 0. The van der Waals surface area contributed by atoms with Gasteiger partial charge in [0.15, 0.2) is 6.29 Å². The molecule has 3 aromatic carbocycles. The lowest BCUT2D eigenvalue weighted by atomic mass is 9.86. The number of rotatable bonds is 12. The molecule has 186 valence electrons.